The Morgan fingerprint density at radius 3 is 2.46 bits per heavy atom. The second-order valence-electron chi connectivity index (χ2n) is 6.64. The third kappa shape index (κ3) is 3.31. The Hall–Kier alpha value is -3.14. The number of nitrogens with one attached hydrogen (secondary N) is 1. The summed E-state index contributed by atoms with van der Waals surface area (Å²) >= 11 is 0. The molecule has 4 nitrogen and oxygen atoms in total. The highest BCUT2D eigenvalue weighted by Crippen LogP contribution is 2.21. The van der Waals surface area contributed by atoms with Gasteiger partial charge in [0.1, 0.15) is 6.04 Å². The molecule has 0 radical (unpaired) electrons. The lowest BCUT2D eigenvalue weighted by molar-refractivity contribution is -0.144. The minimum atomic E-state index is -0.506. The molecule has 0 aromatic heterocycles. The van der Waals surface area contributed by atoms with Crippen LogP contribution in [0, 0.1) is 0 Å². The Bertz CT molecular complexity index is 947. The molecule has 3 aromatic rings. The van der Waals surface area contributed by atoms with E-state index in [1.165, 1.54) is 0 Å². The minimum absolute atomic E-state index is 0.0265. The zero-order valence-corrected chi connectivity index (χ0v) is 14.4. The normalized spacial score (nSPS) is 17.4. The van der Waals surface area contributed by atoms with Crippen molar-refractivity contribution in [2.45, 2.75) is 19.0 Å². The Balaban J connectivity index is 1.57. The number of nitrogens with zero attached hydrogens (tertiary/aromatic N) is 1. The van der Waals surface area contributed by atoms with Gasteiger partial charge in [-0.2, -0.15) is 0 Å². The van der Waals surface area contributed by atoms with E-state index in [4.69, 9.17) is 0 Å². The van der Waals surface area contributed by atoms with E-state index in [1.54, 1.807) is 4.90 Å². The molecule has 26 heavy (non-hydrogen) atoms. The van der Waals surface area contributed by atoms with Crippen LogP contribution in [-0.2, 0) is 22.6 Å². The summed E-state index contributed by atoms with van der Waals surface area (Å²) in [7, 11) is 0. The van der Waals surface area contributed by atoms with Gasteiger partial charge in [0, 0.05) is 13.0 Å². The molecule has 1 N–H and O–H groups in total. The smallest absolute Gasteiger partial charge is 0.246 e. The average molecular weight is 344 g/mol. The van der Waals surface area contributed by atoms with Gasteiger partial charge < -0.3 is 10.2 Å². The van der Waals surface area contributed by atoms with Gasteiger partial charge >= 0.3 is 0 Å². The molecule has 4 heteroatoms. The summed E-state index contributed by atoms with van der Waals surface area (Å²) in [5.74, 6) is -0.132. The number of carbonyl (C=O) groups is 2. The van der Waals surface area contributed by atoms with Crippen molar-refractivity contribution in [1.82, 2.24) is 10.2 Å². The summed E-state index contributed by atoms with van der Waals surface area (Å²) in [5, 5.41) is 5.09. The van der Waals surface area contributed by atoms with Crippen LogP contribution in [0.15, 0.2) is 72.8 Å². The molecule has 1 aliphatic rings. The third-order valence-corrected chi connectivity index (χ3v) is 4.80. The molecule has 0 saturated carbocycles. The quantitative estimate of drug-likeness (QED) is 0.791. The van der Waals surface area contributed by atoms with E-state index in [9.17, 15) is 9.59 Å². The summed E-state index contributed by atoms with van der Waals surface area (Å²) in [6.07, 6.45) is 0.511. The van der Waals surface area contributed by atoms with Crippen LogP contribution < -0.4 is 5.32 Å². The van der Waals surface area contributed by atoms with Gasteiger partial charge in [-0.05, 0) is 21.9 Å². The van der Waals surface area contributed by atoms with Gasteiger partial charge in [0.05, 0.1) is 6.54 Å². The first-order chi connectivity index (χ1) is 12.7. The minimum Gasteiger partial charge on any atom is -0.342 e. The molecular formula is C22H20N2O2. The Kier molecular flexibility index (Phi) is 4.40. The van der Waals surface area contributed by atoms with Gasteiger partial charge in [-0.3, -0.25) is 9.59 Å². The molecule has 0 bridgehead atoms. The molecule has 0 aliphatic carbocycles. The van der Waals surface area contributed by atoms with Crippen LogP contribution in [-0.4, -0.2) is 29.3 Å². The monoisotopic (exact) mass is 344 g/mol. The first-order valence-corrected chi connectivity index (χ1v) is 8.79. The average Bonchev–Trinajstić information content (AvgIpc) is 2.66. The summed E-state index contributed by atoms with van der Waals surface area (Å²) in [4.78, 5) is 26.8. The number of piperazine rings is 1. The van der Waals surface area contributed by atoms with Crippen molar-refractivity contribution in [1.29, 1.82) is 0 Å². The molecule has 1 heterocycles. The molecule has 1 atom stereocenters. The maximum absolute atomic E-state index is 12.9. The molecule has 2 amide bonds. The van der Waals surface area contributed by atoms with Gasteiger partial charge in [0.15, 0.2) is 0 Å². The van der Waals surface area contributed by atoms with Crippen molar-refractivity contribution in [3.8, 4) is 0 Å². The molecule has 130 valence electrons. The van der Waals surface area contributed by atoms with Crippen LogP contribution in [0.1, 0.15) is 11.1 Å². The van der Waals surface area contributed by atoms with Crippen LogP contribution in [0.5, 0.6) is 0 Å². The number of fused-ring (bicyclic) bond motifs is 1. The molecule has 3 aromatic carbocycles. The van der Waals surface area contributed by atoms with Crippen molar-refractivity contribution < 1.29 is 9.59 Å². The van der Waals surface area contributed by atoms with E-state index in [0.717, 1.165) is 21.9 Å². The van der Waals surface area contributed by atoms with Crippen LogP contribution in [0.2, 0.25) is 0 Å². The van der Waals surface area contributed by atoms with Crippen molar-refractivity contribution in [3.05, 3.63) is 83.9 Å². The number of hydrogen-bond donors (Lipinski definition) is 1. The Labute approximate surface area is 152 Å². The van der Waals surface area contributed by atoms with Crippen LogP contribution in [0.25, 0.3) is 10.8 Å². The molecule has 1 fully saturated rings. The topological polar surface area (TPSA) is 49.4 Å². The van der Waals surface area contributed by atoms with Gasteiger partial charge in [-0.15, -0.1) is 0 Å². The number of amides is 2. The summed E-state index contributed by atoms with van der Waals surface area (Å²) in [6.45, 7) is 0.548. The Morgan fingerprint density at radius 1 is 0.885 bits per heavy atom. The SMILES string of the molecule is O=C1CN(Cc2cccc3ccccc23)C(=O)C(Cc2ccccc2)N1. The third-order valence-electron chi connectivity index (χ3n) is 4.80. The fourth-order valence-electron chi connectivity index (χ4n) is 3.53. The van der Waals surface area contributed by atoms with E-state index < -0.39 is 6.04 Å². The zero-order chi connectivity index (χ0) is 17.9. The lowest BCUT2D eigenvalue weighted by Crippen LogP contribution is -2.58. The van der Waals surface area contributed by atoms with Crippen LogP contribution in [0.4, 0.5) is 0 Å². The van der Waals surface area contributed by atoms with E-state index in [1.807, 2.05) is 54.6 Å². The predicted molar refractivity (Wildman–Crippen MR) is 101 cm³/mol. The molecule has 1 saturated heterocycles. The maximum atomic E-state index is 12.9. The molecule has 1 aliphatic heterocycles. The maximum Gasteiger partial charge on any atom is 0.246 e. The predicted octanol–water partition coefficient (Wildman–Crippen LogP) is 2.91. The van der Waals surface area contributed by atoms with Gasteiger partial charge in [-0.25, -0.2) is 0 Å². The second-order valence-corrected chi connectivity index (χ2v) is 6.64. The number of benzene rings is 3. The van der Waals surface area contributed by atoms with E-state index in [2.05, 4.69) is 23.5 Å². The van der Waals surface area contributed by atoms with Crippen LogP contribution >= 0.6 is 0 Å². The van der Waals surface area contributed by atoms with Gasteiger partial charge in [-0.1, -0.05) is 72.8 Å². The molecular weight excluding hydrogens is 324 g/mol. The largest absolute Gasteiger partial charge is 0.342 e. The lowest BCUT2D eigenvalue weighted by atomic mass is 10.0. The van der Waals surface area contributed by atoms with Gasteiger partial charge in [0.2, 0.25) is 11.8 Å². The first-order valence-electron chi connectivity index (χ1n) is 8.79. The lowest BCUT2D eigenvalue weighted by Gasteiger charge is -2.33. The molecule has 0 spiro atoms. The Morgan fingerprint density at radius 2 is 1.62 bits per heavy atom. The van der Waals surface area contributed by atoms with Gasteiger partial charge in [0.25, 0.3) is 0 Å². The number of carbonyl (C=O) groups excluding carboxylic acids is 2. The zero-order valence-electron chi connectivity index (χ0n) is 14.4. The first kappa shape index (κ1) is 16.3. The van der Waals surface area contributed by atoms with Crippen molar-refractivity contribution in [3.63, 3.8) is 0 Å². The fourth-order valence-corrected chi connectivity index (χ4v) is 3.53. The summed E-state index contributed by atoms with van der Waals surface area (Å²) in [6, 6.07) is 23.5. The highest BCUT2D eigenvalue weighted by Gasteiger charge is 2.32. The van der Waals surface area contributed by atoms with E-state index in [0.29, 0.717) is 13.0 Å². The highest BCUT2D eigenvalue weighted by atomic mass is 16.2. The highest BCUT2D eigenvalue weighted by molar-refractivity contribution is 5.95. The number of hydrogen-bond acceptors (Lipinski definition) is 2. The van der Waals surface area contributed by atoms with Crippen molar-refractivity contribution >= 4 is 22.6 Å². The second kappa shape index (κ2) is 7.00. The van der Waals surface area contributed by atoms with Crippen molar-refractivity contribution in [2.75, 3.05) is 6.54 Å². The fraction of sp³-hybridized carbons (Fsp3) is 0.182. The van der Waals surface area contributed by atoms with E-state index >= 15 is 0 Å². The number of rotatable bonds is 4. The van der Waals surface area contributed by atoms with Crippen molar-refractivity contribution in [2.24, 2.45) is 0 Å². The standard InChI is InChI=1S/C22H20N2O2/c25-21-15-24(14-18-11-6-10-17-9-4-5-12-19(17)18)22(26)20(23-21)13-16-7-2-1-3-8-16/h1-12,20H,13-15H2,(H,23,25). The molecule has 1 unspecified atom stereocenters. The summed E-state index contributed by atoms with van der Waals surface area (Å²) in [5.41, 5.74) is 2.10. The van der Waals surface area contributed by atoms with E-state index in [-0.39, 0.29) is 18.4 Å². The summed E-state index contributed by atoms with van der Waals surface area (Å²) < 4.78 is 0. The van der Waals surface area contributed by atoms with Crippen LogP contribution in [0.3, 0.4) is 0 Å². The molecule has 4 rings (SSSR count).